The first-order valence-corrected chi connectivity index (χ1v) is 7.65. The fourth-order valence-electron chi connectivity index (χ4n) is 3.12. The molecule has 23 heavy (non-hydrogen) atoms. The minimum atomic E-state index is -1.09. The normalized spacial score (nSPS) is 24.0. The van der Waals surface area contributed by atoms with Gasteiger partial charge >= 0.3 is 5.97 Å². The second kappa shape index (κ2) is 5.91. The summed E-state index contributed by atoms with van der Waals surface area (Å²) in [4.78, 5) is 24.2. The number of rotatable bonds is 6. The van der Waals surface area contributed by atoms with Crippen molar-refractivity contribution in [1.82, 2.24) is 5.32 Å². The Morgan fingerprint density at radius 1 is 1.30 bits per heavy atom. The standard InChI is InChI=1S/C18H19NO4/c1-12(10-14-8-5-9-23-14)19-16(20)15-11-18(15,17(21)22)13-6-3-2-4-7-13/h2-9,12,15H,10-11H2,1H3,(H,19,20)(H,21,22)/t12?,15-,18+/m0/s1. The molecule has 1 unspecified atom stereocenters. The van der Waals surface area contributed by atoms with Crippen LogP contribution in [-0.2, 0) is 21.4 Å². The smallest absolute Gasteiger partial charge is 0.314 e. The van der Waals surface area contributed by atoms with Crippen LogP contribution in [0.25, 0.3) is 0 Å². The molecule has 0 saturated heterocycles. The lowest BCUT2D eigenvalue weighted by atomic mass is 9.93. The van der Waals surface area contributed by atoms with Gasteiger partial charge in [0.05, 0.1) is 12.2 Å². The van der Waals surface area contributed by atoms with Crippen molar-refractivity contribution >= 4 is 11.9 Å². The van der Waals surface area contributed by atoms with Gasteiger partial charge in [0.2, 0.25) is 5.91 Å². The number of hydrogen-bond donors (Lipinski definition) is 2. The van der Waals surface area contributed by atoms with Crippen LogP contribution in [0.4, 0.5) is 0 Å². The fraction of sp³-hybridized carbons (Fsp3) is 0.333. The maximum Gasteiger partial charge on any atom is 0.314 e. The third kappa shape index (κ3) is 2.86. The van der Waals surface area contributed by atoms with Gasteiger partial charge in [-0.25, -0.2) is 0 Å². The number of furan rings is 1. The van der Waals surface area contributed by atoms with E-state index in [1.54, 1.807) is 36.6 Å². The average molecular weight is 313 g/mol. The topological polar surface area (TPSA) is 79.5 Å². The van der Waals surface area contributed by atoms with Gasteiger partial charge in [0, 0.05) is 12.5 Å². The van der Waals surface area contributed by atoms with Crippen LogP contribution in [0.2, 0.25) is 0 Å². The highest BCUT2D eigenvalue weighted by Gasteiger charge is 2.65. The van der Waals surface area contributed by atoms with E-state index in [2.05, 4.69) is 5.32 Å². The molecular weight excluding hydrogens is 294 g/mol. The van der Waals surface area contributed by atoms with Crippen molar-refractivity contribution in [2.45, 2.75) is 31.2 Å². The highest BCUT2D eigenvalue weighted by Crippen LogP contribution is 2.54. The number of benzene rings is 1. The molecule has 1 amide bonds. The fourth-order valence-corrected chi connectivity index (χ4v) is 3.12. The van der Waals surface area contributed by atoms with E-state index in [-0.39, 0.29) is 11.9 Å². The van der Waals surface area contributed by atoms with E-state index in [0.717, 1.165) is 5.76 Å². The molecule has 0 spiro atoms. The van der Waals surface area contributed by atoms with Crippen molar-refractivity contribution < 1.29 is 19.1 Å². The molecular formula is C18H19NO4. The van der Waals surface area contributed by atoms with E-state index in [4.69, 9.17) is 4.42 Å². The third-order valence-corrected chi connectivity index (χ3v) is 4.42. The predicted octanol–water partition coefficient (Wildman–Crippen LogP) is 2.37. The second-order valence-electron chi connectivity index (χ2n) is 6.09. The Balaban J connectivity index is 1.68. The molecule has 1 saturated carbocycles. The lowest BCUT2D eigenvalue weighted by molar-refractivity contribution is -0.142. The summed E-state index contributed by atoms with van der Waals surface area (Å²) in [6, 6.07) is 12.5. The lowest BCUT2D eigenvalue weighted by Gasteiger charge is -2.16. The number of hydrogen-bond acceptors (Lipinski definition) is 3. The van der Waals surface area contributed by atoms with Crippen molar-refractivity contribution in [2.75, 3.05) is 0 Å². The van der Waals surface area contributed by atoms with Gasteiger partial charge < -0.3 is 14.8 Å². The first-order valence-electron chi connectivity index (χ1n) is 7.65. The number of amides is 1. The molecule has 5 heteroatoms. The first kappa shape index (κ1) is 15.3. The van der Waals surface area contributed by atoms with Gasteiger partial charge in [-0.15, -0.1) is 0 Å². The summed E-state index contributed by atoms with van der Waals surface area (Å²) in [6.45, 7) is 1.88. The minimum absolute atomic E-state index is 0.114. The summed E-state index contributed by atoms with van der Waals surface area (Å²) in [5.41, 5.74) is -0.401. The van der Waals surface area contributed by atoms with Crippen LogP contribution in [0.3, 0.4) is 0 Å². The van der Waals surface area contributed by atoms with E-state index in [0.29, 0.717) is 18.4 Å². The van der Waals surface area contributed by atoms with Crippen LogP contribution in [0, 0.1) is 5.92 Å². The number of carbonyl (C=O) groups is 2. The molecule has 3 rings (SSSR count). The second-order valence-corrected chi connectivity index (χ2v) is 6.09. The molecule has 1 aliphatic carbocycles. The quantitative estimate of drug-likeness (QED) is 0.858. The van der Waals surface area contributed by atoms with Crippen molar-refractivity contribution in [3.8, 4) is 0 Å². The van der Waals surface area contributed by atoms with E-state index in [9.17, 15) is 14.7 Å². The van der Waals surface area contributed by atoms with Crippen molar-refractivity contribution in [3.05, 3.63) is 60.1 Å². The van der Waals surface area contributed by atoms with Gasteiger partial charge in [-0.1, -0.05) is 30.3 Å². The minimum Gasteiger partial charge on any atom is -0.481 e. The van der Waals surface area contributed by atoms with Crippen LogP contribution >= 0.6 is 0 Å². The van der Waals surface area contributed by atoms with Crippen LogP contribution in [0.5, 0.6) is 0 Å². The number of carboxylic acids is 1. The van der Waals surface area contributed by atoms with Gasteiger partial charge in [0.15, 0.2) is 0 Å². The zero-order chi connectivity index (χ0) is 16.4. The Kier molecular flexibility index (Phi) is 3.94. The molecule has 1 aromatic carbocycles. The maximum absolute atomic E-state index is 12.4. The summed E-state index contributed by atoms with van der Waals surface area (Å²) in [5.74, 6) is -0.888. The zero-order valence-electron chi connectivity index (χ0n) is 12.9. The Hall–Kier alpha value is -2.56. The molecule has 1 heterocycles. The molecule has 1 fully saturated rings. The highest BCUT2D eigenvalue weighted by molar-refractivity contribution is 5.97. The summed E-state index contributed by atoms with van der Waals surface area (Å²) in [5, 5.41) is 12.5. The van der Waals surface area contributed by atoms with E-state index in [1.165, 1.54) is 0 Å². The number of aliphatic carboxylic acids is 1. The summed E-state index contributed by atoms with van der Waals surface area (Å²) >= 11 is 0. The highest BCUT2D eigenvalue weighted by atomic mass is 16.4. The van der Waals surface area contributed by atoms with Crippen LogP contribution < -0.4 is 5.32 Å². The molecule has 1 aliphatic rings. The van der Waals surface area contributed by atoms with Crippen LogP contribution in [0.1, 0.15) is 24.7 Å². The summed E-state index contributed by atoms with van der Waals surface area (Å²) in [7, 11) is 0. The summed E-state index contributed by atoms with van der Waals surface area (Å²) < 4.78 is 5.26. The first-order chi connectivity index (χ1) is 11.0. The largest absolute Gasteiger partial charge is 0.481 e. The average Bonchev–Trinajstić information content (AvgIpc) is 3.12. The Bertz CT molecular complexity index is 695. The third-order valence-electron chi connectivity index (χ3n) is 4.42. The van der Waals surface area contributed by atoms with Crippen molar-refractivity contribution in [3.63, 3.8) is 0 Å². The molecule has 2 aromatic rings. The predicted molar refractivity (Wildman–Crippen MR) is 83.9 cm³/mol. The molecule has 2 N–H and O–H groups in total. The molecule has 0 bridgehead atoms. The molecule has 3 atom stereocenters. The monoisotopic (exact) mass is 313 g/mol. The number of nitrogens with one attached hydrogen (secondary N) is 1. The Morgan fingerprint density at radius 2 is 2.04 bits per heavy atom. The Labute approximate surface area is 134 Å². The molecule has 120 valence electrons. The zero-order valence-corrected chi connectivity index (χ0v) is 12.9. The summed E-state index contributed by atoms with van der Waals surface area (Å²) in [6.07, 6.45) is 2.51. The van der Waals surface area contributed by atoms with Crippen molar-refractivity contribution in [2.24, 2.45) is 5.92 Å². The van der Waals surface area contributed by atoms with E-state index >= 15 is 0 Å². The maximum atomic E-state index is 12.4. The molecule has 1 aromatic heterocycles. The lowest BCUT2D eigenvalue weighted by Crippen LogP contribution is -2.38. The number of carbonyl (C=O) groups excluding carboxylic acids is 1. The molecule has 0 aliphatic heterocycles. The van der Waals surface area contributed by atoms with E-state index in [1.807, 2.05) is 19.1 Å². The number of carboxylic acid groups (broad SMARTS) is 1. The van der Waals surface area contributed by atoms with Gasteiger partial charge in [-0.2, -0.15) is 0 Å². The van der Waals surface area contributed by atoms with Gasteiger partial charge in [0.1, 0.15) is 11.2 Å². The van der Waals surface area contributed by atoms with E-state index < -0.39 is 17.3 Å². The van der Waals surface area contributed by atoms with Gasteiger partial charge in [0.25, 0.3) is 0 Å². The van der Waals surface area contributed by atoms with Crippen LogP contribution in [-0.4, -0.2) is 23.0 Å². The van der Waals surface area contributed by atoms with Crippen LogP contribution in [0.15, 0.2) is 53.1 Å². The molecule has 5 nitrogen and oxygen atoms in total. The molecule has 0 radical (unpaired) electrons. The van der Waals surface area contributed by atoms with Gasteiger partial charge in [-0.3, -0.25) is 9.59 Å². The van der Waals surface area contributed by atoms with Crippen molar-refractivity contribution in [1.29, 1.82) is 0 Å². The Morgan fingerprint density at radius 3 is 2.65 bits per heavy atom. The SMILES string of the molecule is CC(Cc1ccco1)NC(=O)[C@@H]1C[C@@]1(C(=O)O)c1ccccc1. The van der Waals surface area contributed by atoms with Gasteiger partial charge in [-0.05, 0) is 31.0 Å².